The van der Waals surface area contributed by atoms with E-state index in [4.69, 9.17) is 26.8 Å². The van der Waals surface area contributed by atoms with Crippen molar-refractivity contribution in [2.45, 2.75) is 38.8 Å². The van der Waals surface area contributed by atoms with Crippen molar-refractivity contribution in [1.82, 2.24) is 0 Å². The lowest BCUT2D eigenvalue weighted by Gasteiger charge is -2.57. The summed E-state index contributed by atoms with van der Waals surface area (Å²) in [6.45, 7) is 6.39. The van der Waals surface area contributed by atoms with Crippen molar-refractivity contribution in [1.29, 1.82) is 0 Å². The zero-order chi connectivity index (χ0) is 16.5. The van der Waals surface area contributed by atoms with E-state index in [2.05, 4.69) is 31.1 Å². The SMILES string of the molecule is COc1ccc(NC(N)=NC2CC(C)(OC)C2(C)C)cc1Cl.I. The molecule has 0 aromatic heterocycles. The molecule has 130 valence electrons. The highest BCUT2D eigenvalue weighted by Gasteiger charge is 2.58. The lowest BCUT2D eigenvalue weighted by atomic mass is 9.56. The molecule has 1 aliphatic carbocycles. The molecule has 5 nitrogen and oxygen atoms in total. The Hall–Kier alpha value is -0.730. The van der Waals surface area contributed by atoms with Gasteiger partial charge in [0.2, 0.25) is 0 Å². The number of halogens is 2. The average molecular weight is 454 g/mol. The molecule has 1 fully saturated rings. The molecule has 0 spiro atoms. The smallest absolute Gasteiger partial charge is 0.193 e. The number of hydrogen-bond acceptors (Lipinski definition) is 3. The minimum Gasteiger partial charge on any atom is -0.495 e. The molecule has 1 aliphatic rings. The van der Waals surface area contributed by atoms with Crippen LogP contribution >= 0.6 is 35.6 Å². The van der Waals surface area contributed by atoms with Gasteiger partial charge in [-0.3, -0.25) is 0 Å². The summed E-state index contributed by atoms with van der Waals surface area (Å²) >= 11 is 6.10. The van der Waals surface area contributed by atoms with Crippen LogP contribution in [0.15, 0.2) is 23.2 Å². The topological polar surface area (TPSA) is 68.9 Å². The summed E-state index contributed by atoms with van der Waals surface area (Å²) in [6.07, 6.45) is 0.849. The van der Waals surface area contributed by atoms with Gasteiger partial charge < -0.3 is 20.5 Å². The maximum atomic E-state index is 6.10. The predicted octanol–water partition coefficient (Wildman–Crippen LogP) is 3.90. The maximum absolute atomic E-state index is 6.10. The van der Waals surface area contributed by atoms with Crippen LogP contribution in [0.25, 0.3) is 0 Å². The predicted molar refractivity (Wildman–Crippen MR) is 106 cm³/mol. The molecule has 23 heavy (non-hydrogen) atoms. The number of methoxy groups -OCH3 is 2. The quantitative estimate of drug-likeness (QED) is 0.412. The second-order valence-electron chi connectivity index (χ2n) is 6.37. The van der Waals surface area contributed by atoms with Gasteiger partial charge in [0, 0.05) is 18.2 Å². The number of benzene rings is 1. The van der Waals surface area contributed by atoms with Gasteiger partial charge >= 0.3 is 0 Å². The van der Waals surface area contributed by atoms with Crippen LogP contribution in [0.3, 0.4) is 0 Å². The Kier molecular flexibility index (Phi) is 6.57. The van der Waals surface area contributed by atoms with Gasteiger partial charge in [-0.05, 0) is 31.5 Å². The molecule has 1 saturated carbocycles. The first-order chi connectivity index (χ1) is 10.2. The van der Waals surface area contributed by atoms with Crippen LogP contribution in [0, 0.1) is 5.41 Å². The standard InChI is InChI=1S/C16H24ClN3O2.HI/c1-15(2)13(9-16(15,3)22-5)20-14(18)19-10-6-7-12(21-4)11(17)8-10;/h6-8,13H,9H2,1-5H3,(H3,18,19,20);1H. The molecule has 0 saturated heterocycles. The second-order valence-corrected chi connectivity index (χ2v) is 6.77. The van der Waals surface area contributed by atoms with E-state index in [0.717, 1.165) is 12.1 Å². The van der Waals surface area contributed by atoms with E-state index in [9.17, 15) is 0 Å². The lowest BCUT2D eigenvalue weighted by Crippen LogP contribution is -2.62. The fourth-order valence-corrected chi connectivity index (χ4v) is 3.01. The van der Waals surface area contributed by atoms with Crippen molar-refractivity contribution in [3.05, 3.63) is 23.2 Å². The fraction of sp³-hybridized carbons (Fsp3) is 0.562. The highest BCUT2D eigenvalue weighted by Crippen LogP contribution is 2.53. The molecule has 0 amide bonds. The van der Waals surface area contributed by atoms with Crippen molar-refractivity contribution in [3.8, 4) is 5.75 Å². The molecular weight excluding hydrogens is 429 g/mol. The second kappa shape index (κ2) is 7.44. The number of nitrogens with two attached hydrogens (primary N) is 1. The molecule has 1 aromatic rings. The normalized spacial score (nSPS) is 26.0. The Labute approximate surface area is 160 Å². The van der Waals surface area contributed by atoms with E-state index < -0.39 is 0 Å². The van der Waals surface area contributed by atoms with E-state index in [0.29, 0.717) is 16.7 Å². The number of aliphatic imine (C=N–C) groups is 1. The van der Waals surface area contributed by atoms with Gasteiger partial charge in [-0.1, -0.05) is 25.4 Å². The zero-order valence-corrected chi connectivity index (χ0v) is 17.2. The van der Waals surface area contributed by atoms with Crippen molar-refractivity contribution in [3.63, 3.8) is 0 Å². The molecule has 2 unspecified atom stereocenters. The fourth-order valence-electron chi connectivity index (χ4n) is 2.75. The Morgan fingerprint density at radius 1 is 1.35 bits per heavy atom. The highest BCUT2D eigenvalue weighted by molar-refractivity contribution is 14.0. The molecular formula is C16H25ClIN3O2. The van der Waals surface area contributed by atoms with Crippen LogP contribution in [-0.2, 0) is 4.74 Å². The summed E-state index contributed by atoms with van der Waals surface area (Å²) in [5, 5.41) is 3.59. The van der Waals surface area contributed by atoms with E-state index in [1.165, 1.54) is 0 Å². The first kappa shape index (κ1) is 20.3. The van der Waals surface area contributed by atoms with Crippen LogP contribution in [0.1, 0.15) is 27.2 Å². The van der Waals surface area contributed by atoms with E-state index >= 15 is 0 Å². The largest absolute Gasteiger partial charge is 0.495 e. The molecule has 2 rings (SSSR count). The van der Waals surface area contributed by atoms with Gasteiger partial charge in [-0.15, -0.1) is 24.0 Å². The third-order valence-electron chi connectivity index (χ3n) is 4.95. The third kappa shape index (κ3) is 3.85. The summed E-state index contributed by atoms with van der Waals surface area (Å²) in [7, 11) is 3.32. The minimum atomic E-state index is -0.162. The van der Waals surface area contributed by atoms with Crippen molar-refractivity contribution >= 4 is 47.2 Å². The summed E-state index contributed by atoms with van der Waals surface area (Å²) in [5.41, 5.74) is 6.56. The summed E-state index contributed by atoms with van der Waals surface area (Å²) < 4.78 is 10.7. The molecule has 3 N–H and O–H groups in total. The number of hydrogen-bond donors (Lipinski definition) is 2. The molecule has 0 aliphatic heterocycles. The number of anilines is 1. The number of nitrogens with one attached hydrogen (secondary N) is 1. The van der Waals surface area contributed by atoms with Crippen LogP contribution < -0.4 is 15.8 Å². The number of ether oxygens (including phenoxy) is 2. The van der Waals surface area contributed by atoms with Gasteiger partial charge in [0.05, 0.1) is 23.8 Å². The Balaban J connectivity index is 0.00000264. The van der Waals surface area contributed by atoms with Gasteiger partial charge in [-0.25, -0.2) is 4.99 Å². The van der Waals surface area contributed by atoms with Gasteiger partial charge in [-0.2, -0.15) is 0 Å². The first-order valence-electron chi connectivity index (χ1n) is 7.22. The Morgan fingerprint density at radius 3 is 2.48 bits per heavy atom. The van der Waals surface area contributed by atoms with Crippen molar-refractivity contribution in [2.75, 3.05) is 19.5 Å². The molecule has 0 heterocycles. The molecule has 0 radical (unpaired) electrons. The lowest BCUT2D eigenvalue weighted by molar-refractivity contribution is -0.171. The highest BCUT2D eigenvalue weighted by atomic mass is 127. The van der Waals surface area contributed by atoms with Crippen molar-refractivity contribution in [2.24, 2.45) is 16.1 Å². The number of nitrogens with zero attached hydrogens (tertiary/aromatic N) is 1. The number of rotatable bonds is 4. The molecule has 1 aromatic carbocycles. The molecule has 2 atom stereocenters. The van der Waals surface area contributed by atoms with Gasteiger partial charge in [0.1, 0.15) is 5.75 Å². The maximum Gasteiger partial charge on any atom is 0.193 e. The van der Waals surface area contributed by atoms with Gasteiger partial charge in [0.15, 0.2) is 5.96 Å². The van der Waals surface area contributed by atoms with E-state index in [1.54, 1.807) is 26.4 Å². The van der Waals surface area contributed by atoms with Gasteiger partial charge in [0.25, 0.3) is 0 Å². The molecule has 0 bridgehead atoms. The Morgan fingerprint density at radius 2 is 2.00 bits per heavy atom. The summed E-state index contributed by atoms with van der Waals surface area (Å²) in [4.78, 5) is 4.57. The monoisotopic (exact) mass is 453 g/mol. The zero-order valence-electron chi connectivity index (χ0n) is 14.1. The minimum absolute atomic E-state index is 0. The van der Waals surface area contributed by atoms with Crippen LogP contribution in [0.2, 0.25) is 5.02 Å². The summed E-state index contributed by atoms with van der Waals surface area (Å²) in [5.74, 6) is 0.996. The van der Waals surface area contributed by atoms with E-state index in [-0.39, 0.29) is 41.0 Å². The Bertz CT molecular complexity index is 595. The third-order valence-corrected chi connectivity index (χ3v) is 5.24. The van der Waals surface area contributed by atoms with E-state index in [1.807, 2.05) is 6.07 Å². The van der Waals surface area contributed by atoms with Crippen LogP contribution in [-0.4, -0.2) is 31.8 Å². The first-order valence-corrected chi connectivity index (χ1v) is 7.60. The van der Waals surface area contributed by atoms with Crippen LogP contribution in [0.5, 0.6) is 5.75 Å². The van der Waals surface area contributed by atoms with Crippen molar-refractivity contribution < 1.29 is 9.47 Å². The average Bonchev–Trinajstić information content (AvgIpc) is 2.46. The summed E-state index contributed by atoms with van der Waals surface area (Å²) in [6, 6.07) is 5.51. The molecule has 7 heteroatoms. The van der Waals surface area contributed by atoms with Crippen LogP contribution in [0.4, 0.5) is 5.69 Å². The number of guanidine groups is 1.